The lowest BCUT2D eigenvalue weighted by Gasteiger charge is -2.37. The number of rotatable bonds is 6. The fraction of sp³-hybridized carbons (Fsp3) is 0.650. The highest BCUT2D eigenvalue weighted by Crippen LogP contribution is 2.43. The number of carbonyl (C=O) groups excluding carboxylic acids is 1. The predicted octanol–water partition coefficient (Wildman–Crippen LogP) is 2.53. The van der Waals surface area contributed by atoms with Gasteiger partial charge in [-0.2, -0.15) is 0 Å². The Morgan fingerprint density at radius 1 is 1.38 bits per heavy atom. The van der Waals surface area contributed by atoms with Gasteiger partial charge in [0.25, 0.3) is 0 Å². The van der Waals surface area contributed by atoms with Crippen LogP contribution in [0, 0.1) is 11.3 Å². The number of nitrogens with one attached hydrogen (secondary N) is 2. The van der Waals surface area contributed by atoms with Crippen LogP contribution in [-0.4, -0.2) is 37.5 Å². The molecule has 3 rings (SSSR count). The highest BCUT2D eigenvalue weighted by molar-refractivity contribution is 5.83. The van der Waals surface area contributed by atoms with Crippen LogP contribution in [0.15, 0.2) is 24.3 Å². The molecule has 0 radical (unpaired) electrons. The summed E-state index contributed by atoms with van der Waals surface area (Å²) in [7, 11) is 2.13. The topological polar surface area (TPSA) is 44.4 Å². The summed E-state index contributed by atoms with van der Waals surface area (Å²) in [6.45, 7) is 6.65. The summed E-state index contributed by atoms with van der Waals surface area (Å²) in [5.74, 6) is 0.782. The Kier molecular flexibility index (Phi) is 5.57. The van der Waals surface area contributed by atoms with E-state index in [2.05, 4.69) is 53.8 Å². The van der Waals surface area contributed by atoms with Crippen molar-refractivity contribution in [1.82, 2.24) is 15.5 Å². The molecule has 1 heterocycles. The first-order chi connectivity index (χ1) is 11.6. The van der Waals surface area contributed by atoms with Crippen molar-refractivity contribution < 1.29 is 4.79 Å². The molecular formula is C20H31N3O. The van der Waals surface area contributed by atoms with E-state index >= 15 is 0 Å². The lowest BCUT2D eigenvalue weighted by Crippen LogP contribution is -2.47. The molecule has 1 aliphatic carbocycles. The normalized spacial score (nSPS) is 26.4. The molecule has 0 aromatic heterocycles. The van der Waals surface area contributed by atoms with E-state index in [4.69, 9.17) is 0 Å². The Balaban J connectivity index is 1.61. The average molecular weight is 329 g/mol. The van der Waals surface area contributed by atoms with Crippen LogP contribution in [0.25, 0.3) is 0 Å². The lowest BCUT2D eigenvalue weighted by molar-refractivity contribution is -0.134. The fourth-order valence-electron chi connectivity index (χ4n) is 4.31. The molecule has 2 aliphatic rings. The summed E-state index contributed by atoms with van der Waals surface area (Å²) in [5.41, 5.74) is 2.35. The molecule has 0 bridgehead atoms. The number of benzene rings is 1. The van der Waals surface area contributed by atoms with Crippen molar-refractivity contribution in [2.45, 2.75) is 45.7 Å². The average Bonchev–Trinajstić information content (AvgIpc) is 3.05. The van der Waals surface area contributed by atoms with Gasteiger partial charge in [0.15, 0.2) is 0 Å². The van der Waals surface area contributed by atoms with Crippen LogP contribution in [0.4, 0.5) is 0 Å². The molecular weight excluding hydrogens is 298 g/mol. The molecule has 1 saturated heterocycles. The van der Waals surface area contributed by atoms with Crippen LogP contribution in [0.3, 0.4) is 0 Å². The molecule has 0 unspecified atom stereocenters. The summed E-state index contributed by atoms with van der Waals surface area (Å²) in [6.07, 6.45) is 4.69. The second-order valence-electron chi connectivity index (χ2n) is 7.56. The van der Waals surface area contributed by atoms with Gasteiger partial charge >= 0.3 is 0 Å². The van der Waals surface area contributed by atoms with E-state index in [1.807, 2.05) is 0 Å². The highest BCUT2D eigenvalue weighted by atomic mass is 16.2. The van der Waals surface area contributed by atoms with Crippen molar-refractivity contribution in [3.05, 3.63) is 35.4 Å². The molecule has 0 spiro atoms. The van der Waals surface area contributed by atoms with Gasteiger partial charge in [0, 0.05) is 19.6 Å². The molecule has 4 nitrogen and oxygen atoms in total. The highest BCUT2D eigenvalue weighted by Gasteiger charge is 2.49. The molecule has 1 aromatic rings. The van der Waals surface area contributed by atoms with Crippen molar-refractivity contribution in [2.75, 3.05) is 26.7 Å². The Labute approximate surface area is 146 Å². The first-order valence-electron chi connectivity index (χ1n) is 9.39. The molecule has 4 heteroatoms. The van der Waals surface area contributed by atoms with Crippen LogP contribution in [0.2, 0.25) is 0 Å². The Hall–Kier alpha value is -1.39. The maximum absolute atomic E-state index is 12.9. The Bertz CT molecular complexity index is 574. The molecule has 2 fully saturated rings. The molecule has 2 atom stereocenters. The number of hydrogen-bond acceptors (Lipinski definition) is 3. The first-order valence-corrected chi connectivity index (χ1v) is 9.39. The third kappa shape index (κ3) is 3.65. The molecule has 1 amide bonds. The number of fused-ring (bicyclic) bond motifs is 1. The van der Waals surface area contributed by atoms with Gasteiger partial charge in [0.05, 0.1) is 5.41 Å². The number of nitrogens with zero attached hydrogens (tertiary/aromatic N) is 1. The van der Waals surface area contributed by atoms with E-state index in [1.165, 1.54) is 30.4 Å². The smallest absolute Gasteiger partial charge is 0.228 e. The van der Waals surface area contributed by atoms with E-state index in [-0.39, 0.29) is 11.3 Å². The standard InChI is InChI=1S/C20H31N3O/c1-3-23(2)14-17-8-6-7-16(11-17)12-22-19(24)20-10-5-4-9-18(20)13-21-15-20/h6-8,11,18,21H,3-5,9-10,12-15H2,1-2H3,(H,22,24)/t18-,20+/m0/s1. The van der Waals surface area contributed by atoms with E-state index in [0.29, 0.717) is 12.5 Å². The van der Waals surface area contributed by atoms with Crippen LogP contribution < -0.4 is 10.6 Å². The minimum Gasteiger partial charge on any atom is -0.351 e. The van der Waals surface area contributed by atoms with Gasteiger partial charge in [0.2, 0.25) is 5.91 Å². The number of amides is 1. The van der Waals surface area contributed by atoms with Crippen molar-refractivity contribution in [3.63, 3.8) is 0 Å². The summed E-state index contributed by atoms with van der Waals surface area (Å²) in [4.78, 5) is 15.2. The minimum atomic E-state index is -0.154. The monoisotopic (exact) mass is 329 g/mol. The van der Waals surface area contributed by atoms with Gasteiger partial charge in [0.1, 0.15) is 0 Å². The molecule has 1 aliphatic heterocycles. The fourth-order valence-corrected chi connectivity index (χ4v) is 4.31. The van der Waals surface area contributed by atoms with Crippen molar-refractivity contribution in [3.8, 4) is 0 Å². The molecule has 1 saturated carbocycles. The second-order valence-corrected chi connectivity index (χ2v) is 7.56. The number of hydrogen-bond donors (Lipinski definition) is 2. The summed E-state index contributed by atoms with van der Waals surface area (Å²) >= 11 is 0. The van der Waals surface area contributed by atoms with Gasteiger partial charge in [-0.05, 0) is 50.0 Å². The van der Waals surface area contributed by atoms with Gasteiger partial charge in [-0.3, -0.25) is 4.79 Å². The van der Waals surface area contributed by atoms with Crippen LogP contribution in [0.1, 0.15) is 43.7 Å². The van der Waals surface area contributed by atoms with Crippen molar-refractivity contribution in [1.29, 1.82) is 0 Å². The first kappa shape index (κ1) is 17.4. The number of carbonyl (C=O) groups is 1. The SMILES string of the molecule is CCN(C)Cc1cccc(CNC(=O)[C@@]23CCCC[C@H]2CNC3)c1. The quantitative estimate of drug-likeness (QED) is 0.843. The lowest BCUT2D eigenvalue weighted by atomic mass is 9.67. The minimum absolute atomic E-state index is 0.154. The zero-order valence-corrected chi connectivity index (χ0v) is 15.1. The van der Waals surface area contributed by atoms with Gasteiger partial charge in [-0.15, -0.1) is 0 Å². The van der Waals surface area contributed by atoms with Crippen LogP contribution >= 0.6 is 0 Å². The van der Waals surface area contributed by atoms with Gasteiger partial charge in [-0.1, -0.05) is 44.0 Å². The summed E-state index contributed by atoms with van der Waals surface area (Å²) in [6, 6.07) is 8.58. The van der Waals surface area contributed by atoms with Crippen LogP contribution in [-0.2, 0) is 17.9 Å². The van der Waals surface area contributed by atoms with E-state index in [1.54, 1.807) is 0 Å². The predicted molar refractivity (Wildman–Crippen MR) is 97.6 cm³/mol. The Morgan fingerprint density at radius 2 is 2.21 bits per heavy atom. The largest absolute Gasteiger partial charge is 0.351 e. The van der Waals surface area contributed by atoms with Gasteiger partial charge < -0.3 is 15.5 Å². The molecule has 132 valence electrons. The molecule has 24 heavy (non-hydrogen) atoms. The third-order valence-corrected chi connectivity index (χ3v) is 5.93. The Morgan fingerprint density at radius 3 is 3.04 bits per heavy atom. The summed E-state index contributed by atoms with van der Waals surface area (Å²) in [5, 5.41) is 6.69. The zero-order valence-electron chi connectivity index (χ0n) is 15.1. The van der Waals surface area contributed by atoms with Crippen molar-refractivity contribution >= 4 is 5.91 Å². The van der Waals surface area contributed by atoms with Gasteiger partial charge in [-0.25, -0.2) is 0 Å². The maximum Gasteiger partial charge on any atom is 0.228 e. The molecule has 1 aromatic carbocycles. The van der Waals surface area contributed by atoms with E-state index < -0.39 is 0 Å². The second kappa shape index (κ2) is 7.66. The third-order valence-electron chi connectivity index (χ3n) is 5.93. The summed E-state index contributed by atoms with van der Waals surface area (Å²) < 4.78 is 0. The van der Waals surface area contributed by atoms with E-state index in [0.717, 1.165) is 32.6 Å². The van der Waals surface area contributed by atoms with Crippen LogP contribution in [0.5, 0.6) is 0 Å². The zero-order chi connectivity index (χ0) is 17.0. The maximum atomic E-state index is 12.9. The van der Waals surface area contributed by atoms with E-state index in [9.17, 15) is 4.79 Å². The van der Waals surface area contributed by atoms with Crippen molar-refractivity contribution in [2.24, 2.45) is 11.3 Å². The molecule has 2 N–H and O–H groups in total.